The van der Waals surface area contributed by atoms with Crippen molar-refractivity contribution in [3.63, 3.8) is 0 Å². The quantitative estimate of drug-likeness (QED) is 0.742. The third kappa shape index (κ3) is 3.25. The molecule has 2 heterocycles. The number of nitrogens with zero attached hydrogens (tertiary/aromatic N) is 6. The zero-order valence-electron chi connectivity index (χ0n) is 14.4. The van der Waals surface area contributed by atoms with Crippen LogP contribution in [0.2, 0.25) is 0 Å². The molecular formula is C15H19N7O2S. The van der Waals surface area contributed by atoms with Gasteiger partial charge in [-0.05, 0) is 43.3 Å². The number of imidazole rings is 1. The Hall–Kier alpha value is -2.75. The minimum Gasteiger partial charge on any atom is -0.337 e. The summed E-state index contributed by atoms with van der Waals surface area (Å²) in [6, 6.07) is 7.02. The predicted octanol–water partition coefficient (Wildman–Crippen LogP) is 1.76. The van der Waals surface area contributed by atoms with Crippen molar-refractivity contribution in [3.05, 3.63) is 36.3 Å². The number of hydrogen-bond donors (Lipinski definition) is 1. The fraction of sp³-hybridized carbons (Fsp3) is 0.333. The largest absolute Gasteiger partial charge is 0.337 e. The molecule has 0 amide bonds. The number of hydrogen-bond acceptors (Lipinski definition) is 6. The molecule has 1 N–H and O–H groups in total. The Morgan fingerprint density at radius 3 is 2.56 bits per heavy atom. The Balaban J connectivity index is 2.03. The van der Waals surface area contributed by atoms with E-state index in [1.54, 1.807) is 47.5 Å². The summed E-state index contributed by atoms with van der Waals surface area (Å²) < 4.78 is 31.2. The number of anilines is 1. The van der Waals surface area contributed by atoms with Crippen molar-refractivity contribution in [2.45, 2.75) is 31.8 Å². The molecule has 132 valence electrons. The molecule has 0 bridgehead atoms. The molecule has 3 rings (SSSR count). The summed E-state index contributed by atoms with van der Waals surface area (Å²) in [6.07, 6.45) is 1.47. The topological polar surface area (TPSA) is 108 Å². The Morgan fingerprint density at radius 2 is 1.92 bits per heavy atom. The molecule has 2 aromatic heterocycles. The highest BCUT2D eigenvalue weighted by molar-refractivity contribution is 7.92. The highest BCUT2D eigenvalue weighted by atomic mass is 32.2. The maximum Gasteiger partial charge on any atom is 0.280 e. The van der Waals surface area contributed by atoms with Crippen molar-refractivity contribution in [2.24, 2.45) is 7.05 Å². The van der Waals surface area contributed by atoms with Gasteiger partial charge in [-0.2, -0.15) is 8.42 Å². The van der Waals surface area contributed by atoms with Gasteiger partial charge in [-0.15, -0.1) is 5.10 Å². The van der Waals surface area contributed by atoms with Crippen LogP contribution in [0.1, 0.15) is 25.7 Å². The first-order chi connectivity index (χ1) is 11.8. The van der Waals surface area contributed by atoms with Crippen LogP contribution in [0.3, 0.4) is 0 Å². The fourth-order valence-corrected chi connectivity index (χ4v) is 3.46. The molecule has 0 unspecified atom stereocenters. The molecule has 10 heteroatoms. The number of rotatable bonds is 5. The molecule has 0 fully saturated rings. The third-order valence-corrected chi connectivity index (χ3v) is 4.99. The highest BCUT2D eigenvalue weighted by Crippen LogP contribution is 2.28. The second-order valence-electron chi connectivity index (χ2n) is 5.93. The van der Waals surface area contributed by atoms with Gasteiger partial charge in [0.25, 0.3) is 10.0 Å². The Labute approximate surface area is 145 Å². The maximum atomic E-state index is 12.7. The molecule has 0 aliphatic carbocycles. The van der Waals surface area contributed by atoms with E-state index in [1.165, 1.54) is 6.20 Å². The maximum absolute atomic E-state index is 12.7. The smallest absolute Gasteiger partial charge is 0.280 e. The normalized spacial score (nSPS) is 11.9. The van der Waals surface area contributed by atoms with E-state index in [-0.39, 0.29) is 11.1 Å². The van der Waals surface area contributed by atoms with Gasteiger partial charge < -0.3 is 4.57 Å². The number of benzene rings is 1. The lowest BCUT2D eigenvalue weighted by Crippen LogP contribution is -2.15. The van der Waals surface area contributed by atoms with E-state index in [2.05, 4.69) is 25.2 Å². The van der Waals surface area contributed by atoms with Crippen molar-refractivity contribution < 1.29 is 8.42 Å². The van der Waals surface area contributed by atoms with Crippen LogP contribution >= 0.6 is 0 Å². The van der Waals surface area contributed by atoms with E-state index in [4.69, 9.17) is 0 Å². The lowest BCUT2D eigenvalue weighted by Gasteiger charge is -2.12. The second kappa shape index (κ2) is 6.28. The molecule has 25 heavy (non-hydrogen) atoms. The number of sulfonamides is 1. The second-order valence-corrected chi connectivity index (χ2v) is 7.56. The number of aromatic nitrogens is 6. The van der Waals surface area contributed by atoms with Gasteiger partial charge in [0.1, 0.15) is 5.82 Å². The van der Waals surface area contributed by atoms with Gasteiger partial charge in [-0.25, -0.2) is 9.67 Å². The van der Waals surface area contributed by atoms with Gasteiger partial charge in [-0.1, -0.05) is 12.1 Å². The van der Waals surface area contributed by atoms with Crippen molar-refractivity contribution >= 4 is 15.7 Å². The third-order valence-electron chi connectivity index (χ3n) is 3.76. The molecule has 0 atom stereocenters. The van der Waals surface area contributed by atoms with Gasteiger partial charge in [0.05, 0.1) is 11.7 Å². The van der Waals surface area contributed by atoms with Gasteiger partial charge >= 0.3 is 0 Å². The lowest BCUT2D eigenvalue weighted by atomic mass is 10.1. The van der Waals surface area contributed by atoms with Crippen molar-refractivity contribution in [1.82, 2.24) is 29.8 Å². The lowest BCUT2D eigenvalue weighted by molar-refractivity contribution is 0.519. The average Bonchev–Trinajstić information content (AvgIpc) is 3.15. The Morgan fingerprint density at radius 1 is 1.20 bits per heavy atom. The van der Waals surface area contributed by atoms with E-state index in [0.29, 0.717) is 22.9 Å². The van der Waals surface area contributed by atoms with E-state index >= 15 is 0 Å². The molecule has 0 aliphatic rings. The first-order valence-corrected chi connectivity index (χ1v) is 9.18. The molecule has 9 nitrogen and oxygen atoms in total. The van der Waals surface area contributed by atoms with Crippen LogP contribution in [0.4, 0.5) is 5.69 Å². The Bertz CT molecular complexity index is 985. The zero-order chi connectivity index (χ0) is 18.2. The first kappa shape index (κ1) is 17.1. The van der Waals surface area contributed by atoms with Gasteiger partial charge in [0.15, 0.2) is 10.9 Å². The standard InChI is InChI=1S/C15H19N7O2S/c1-10(2)22-15(17-19-20-22)12-7-5-6-8-13(12)18-25(23,24)14-9-21(4)11(3)16-14/h5-10,18H,1-4H3. The van der Waals surface area contributed by atoms with Crippen LogP contribution in [0.25, 0.3) is 11.4 Å². The molecule has 0 spiro atoms. The number of nitrogens with one attached hydrogen (secondary N) is 1. The van der Waals surface area contributed by atoms with Crippen LogP contribution in [0.5, 0.6) is 0 Å². The Kier molecular flexibility index (Phi) is 4.29. The summed E-state index contributed by atoms with van der Waals surface area (Å²) in [5, 5.41) is 11.7. The van der Waals surface area contributed by atoms with Crippen molar-refractivity contribution in [1.29, 1.82) is 0 Å². The average molecular weight is 361 g/mol. The van der Waals surface area contributed by atoms with E-state index in [1.807, 2.05) is 13.8 Å². The SMILES string of the molecule is Cc1nc(S(=O)(=O)Nc2ccccc2-c2nnnn2C(C)C)cn1C. The van der Waals surface area contributed by atoms with Crippen molar-refractivity contribution in [2.75, 3.05) is 4.72 Å². The summed E-state index contributed by atoms with van der Waals surface area (Å²) in [5.74, 6) is 1.10. The number of tetrazole rings is 1. The van der Waals surface area contributed by atoms with Crippen LogP contribution in [0, 0.1) is 6.92 Å². The monoisotopic (exact) mass is 361 g/mol. The summed E-state index contributed by atoms with van der Waals surface area (Å²) >= 11 is 0. The molecule has 3 aromatic rings. The summed E-state index contributed by atoms with van der Waals surface area (Å²) in [5.41, 5.74) is 0.986. The molecule has 1 aromatic carbocycles. The molecular weight excluding hydrogens is 342 g/mol. The molecule has 0 radical (unpaired) electrons. The van der Waals surface area contributed by atoms with Crippen molar-refractivity contribution in [3.8, 4) is 11.4 Å². The molecule has 0 saturated carbocycles. The van der Waals surface area contributed by atoms with Crippen LogP contribution in [-0.4, -0.2) is 38.2 Å². The number of para-hydroxylation sites is 1. The summed E-state index contributed by atoms with van der Waals surface area (Å²) in [6.45, 7) is 5.64. The number of aryl methyl sites for hydroxylation is 2. The minimum absolute atomic E-state index is 0.0353. The van der Waals surface area contributed by atoms with Gasteiger partial charge in [0, 0.05) is 18.8 Å². The van der Waals surface area contributed by atoms with E-state index in [0.717, 1.165) is 0 Å². The highest BCUT2D eigenvalue weighted by Gasteiger charge is 2.22. The van der Waals surface area contributed by atoms with E-state index in [9.17, 15) is 8.42 Å². The van der Waals surface area contributed by atoms with Crippen LogP contribution < -0.4 is 4.72 Å². The van der Waals surface area contributed by atoms with Crippen LogP contribution in [0.15, 0.2) is 35.5 Å². The molecule has 0 saturated heterocycles. The first-order valence-electron chi connectivity index (χ1n) is 7.69. The van der Waals surface area contributed by atoms with Crippen LogP contribution in [-0.2, 0) is 17.1 Å². The minimum atomic E-state index is -3.82. The summed E-state index contributed by atoms with van der Waals surface area (Å²) in [4.78, 5) is 4.08. The summed E-state index contributed by atoms with van der Waals surface area (Å²) in [7, 11) is -2.08. The molecule has 0 aliphatic heterocycles. The fourth-order valence-electron chi connectivity index (χ4n) is 2.34. The van der Waals surface area contributed by atoms with Gasteiger partial charge in [-0.3, -0.25) is 4.72 Å². The van der Waals surface area contributed by atoms with E-state index < -0.39 is 10.0 Å². The zero-order valence-corrected chi connectivity index (χ0v) is 15.2. The predicted molar refractivity (Wildman–Crippen MR) is 92.4 cm³/mol. The van der Waals surface area contributed by atoms with Gasteiger partial charge in [0.2, 0.25) is 0 Å².